The van der Waals surface area contributed by atoms with Crippen molar-refractivity contribution in [2.45, 2.75) is 13.0 Å². The molecule has 31 heavy (non-hydrogen) atoms. The molecule has 0 saturated carbocycles. The van der Waals surface area contributed by atoms with Gasteiger partial charge in [0.15, 0.2) is 5.65 Å². The summed E-state index contributed by atoms with van der Waals surface area (Å²) < 4.78 is 30.9. The fourth-order valence-electron chi connectivity index (χ4n) is 3.33. The Hall–Kier alpha value is -4.21. The first-order chi connectivity index (χ1) is 15.0. The maximum atomic E-state index is 14.7. The molecule has 154 valence electrons. The molecule has 0 amide bonds. The van der Waals surface area contributed by atoms with Crippen LogP contribution in [0.15, 0.2) is 61.2 Å². The Morgan fingerprint density at radius 2 is 1.74 bits per heavy atom. The fraction of sp³-hybridized carbons (Fsp3) is 0.0952. The van der Waals surface area contributed by atoms with Crippen molar-refractivity contribution in [2.75, 3.05) is 5.73 Å². The molecule has 10 heteroatoms. The number of benzene rings is 1. The Morgan fingerprint density at radius 3 is 2.55 bits per heavy atom. The lowest BCUT2D eigenvalue weighted by atomic mass is 10.1. The maximum Gasteiger partial charge on any atom is 0.242 e. The van der Waals surface area contributed by atoms with E-state index >= 15 is 0 Å². The monoisotopic (exact) mass is 418 g/mol. The van der Waals surface area contributed by atoms with Crippen LogP contribution in [0.25, 0.3) is 28.2 Å². The molecule has 0 aliphatic carbocycles. The van der Waals surface area contributed by atoms with Gasteiger partial charge in [-0.25, -0.2) is 13.9 Å². The summed E-state index contributed by atoms with van der Waals surface area (Å²) in [5, 5.41) is 8.02. The standard InChI is InChI=1S/C21H16F2N8/c1-12(13-2-4-15(22)5-3-13)31-11-16(20(23)28-31)18-10-25-9-17(26-18)14-6-7-30-19(8-14)27-21(24)29-30/h2-12H,1H3,(H2,24,29)/t12-/m1/s1. The van der Waals surface area contributed by atoms with Crippen molar-refractivity contribution in [1.29, 1.82) is 0 Å². The number of hydrogen-bond donors (Lipinski definition) is 1. The predicted octanol–water partition coefficient (Wildman–Crippen LogP) is 3.52. The van der Waals surface area contributed by atoms with E-state index in [1.165, 1.54) is 23.0 Å². The summed E-state index contributed by atoms with van der Waals surface area (Å²) >= 11 is 0. The molecule has 8 nitrogen and oxygen atoms in total. The summed E-state index contributed by atoms with van der Waals surface area (Å²) in [4.78, 5) is 12.9. The molecule has 1 atom stereocenters. The first-order valence-electron chi connectivity index (χ1n) is 9.43. The van der Waals surface area contributed by atoms with Crippen LogP contribution < -0.4 is 5.73 Å². The van der Waals surface area contributed by atoms with Gasteiger partial charge in [-0.15, -0.1) is 10.2 Å². The van der Waals surface area contributed by atoms with Crippen LogP contribution in [-0.4, -0.2) is 34.3 Å². The van der Waals surface area contributed by atoms with Gasteiger partial charge in [0, 0.05) is 18.0 Å². The van der Waals surface area contributed by atoms with E-state index < -0.39 is 5.95 Å². The van der Waals surface area contributed by atoms with Crippen molar-refractivity contribution in [2.24, 2.45) is 0 Å². The number of rotatable bonds is 4. The first-order valence-corrected chi connectivity index (χ1v) is 9.43. The van der Waals surface area contributed by atoms with E-state index in [2.05, 4.69) is 25.1 Å². The molecule has 0 radical (unpaired) electrons. The molecule has 0 fully saturated rings. The minimum Gasteiger partial charge on any atom is -0.366 e. The second-order valence-electron chi connectivity index (χ2n) is 7.02. The number of aromatic nitrogens is 7. The van der Waals surface area contributed by atoms with E-state index in [4.69, 9.17) is 5.73 Å². The van der Waals surface area contributed by atoms with Crippen LogP contribution in [0.2, 0.25) is 0 Å². The highest BCUT2D eigenvalue weighted by Gasteiger charge is 2.17. The number of nitrogens with zero attached hydrogens (tertiary/aromatic N) is 7. The summed E-state index contributed by atoms with van der Waals surface area (Å²) in [5.74, 6) is -0.829. The molecule has 4 aromatic heterocycles. The van der Waals surface area contributed by atoms with Crippen LogP contribution in [0.5, 0.6) is 0 Å². The molecule has 4 heterocycles. The van der Waals surface area contributed by atoms with Crippen LogP contribution in [0, 0.1) is 11.8 Å². The predicted molar refractivity (Wildman–Crippen MR) is 110 cm³/mol. The van der Waals surface area contributed by atoms with Crippen molar-refractivity contribution >= 4 is 11.6 Å². The van der Waals surface area contributed by atoms with Gasteiger partial charge < -0.3 is 5.73 Å². The average molecular weight is 418 g/mol. The van der Waals surface area contributed by atoms with Crippen LogP contribution in [-0.2, 0) is 0 Å². The third kappa shape index (κ3) is 3.48. The molecule has 5 aromatic rings. The van der Waals surface area contributed by atoms with Gasteiger partial charge in [-0.2, -0.15) is 9.37 Å². The van der Waals surface area contributed by atoms with Gasteiger partial charge in [0.05, 0.1) is 35.4 Å². The zero-order valence-electron chi connectivity index (χ0n) is 16.3. The minimum absolute atomic E-state index is 0.168. The third-order valence-corrected chi connectivity index (χ3v) is 5.00. The largest absolute Gasteiger partial charge is 0.366 e. The molecule has 2 N–H and O–H groups in total. The Morgan fingerprint density at radius 1 is 0.968 bits per heavy atom. The van der Waals surface area contributed by atoms with Crippen molar-refractivity contribution in [3.63, 3.8) is 0 Å². The van der Waals surface area contributed by atoms with Crippen LogP contribution in [0.1, 0.15) is 18.5 Å². The van der Waals surface area contributed by atoms with Crippen LogP contribution in [0.3, 0.4) is 0 Å². The molecular weight excluding hydrogens is 402 g/mol. The van der Waals surface area contributed by atoms with E-state index in [0.717, 1.165) is 11.1 Å². The van der Waals surface area contributed by atoms with Gasteiger partial charge in [0.1, 0.15) is 5.82 Å². The topological polar surface area (TPSA) is 99.8 Å². The normalized spacial score (nSPS) is 12.4. The number of fused-ring (bicyclic) bond motifs is 1. The molecule has 0 aliphatic heterocycles. The Balaban J connectivity index is 1.50. The summed E-state index contributed by atoms with van der Waals surface area (Å²) in [5.41, 5.74) is 8.84. The number of anilines is 1. The number of halogens is 2. The molecule has 0 unspecified atom stereocenters. The van der Waals surface area contributed by atoms with Gasteiger partial charge in [-0.3, -0.25) is 9.67 Å². The zero-order valence-corrected chi connectivity index (χ0v) is 16.3. The Labute approximate surface area is 175 Å². The van der Waals surface area contributed by atoms with E-state index in [0.29, 0.717) is 17.0 Å². The second-order valence-corrected chi connectivity index (χ2v) is 7.02. The quantitative estimate of drug-likeness (QED) is 0.479. The summed E-state index contributed by atoms with van der Waals surface area (Å²) in [6.07, 6.45) is 6.34. The zero-order chi connectivity index (χ0) is 21.5. The third-order valence-electron chi connectivity index (χ3n) is 5.00. The lowest BCUT2D eigenvalue weighted by Gasteiger charge is -2.12. The molecule has 0 bridgehead atoms. The SMILES string of the molecule is C[C@H](c1ccc(F)cc1)n1cc(-c2cncc(-c3ccn4nc(N)nc4c3)n2)c(F)n1. The number of nitrogen functional groups attached to an aromatic ring is 1. The van der Waals surface area contributed by atoms with Gasteiger partial charge in [0.2, 0.25) is 11.9 Å². The molecule has 5 rings (SSSR count). The smallest absolute Gasteiger partial charge is 0.242 e. The number of hydrogen-bond acceptors (Lipinski definition) is 6. The summed E-state index contributed by atoms with van der Waals surface area (Å²) in [6, 6.07) is 9.29. The highest BCUT2D eigenvalue weighted by molar-refractivity contribution is 5.67. The van der Waals surface area contributed by atoms with Gasteiger partial charge in [-0.1, -0.05) is 12.1 Å². The van der Waals surface area contributed by atoms with E-state index in [1.54, 1.807) is 47.4 Å². The van der Waals surface area contributed by atoms with Gasteiger partial charge in [0.25, 0.3) is 0 Å². The van der Waals surface area contributed by atoms with Crippen molar-refractivity contribution in [3.8, 4) is 22.5 Å². The van der Waals surface area contributed by atoms with Crippen molar-refractivity contribution in [1.82, 2.24) is 34.3 Å². The lowest BCUT2D eigenvalue weighted by Crippen LogP contribution is -2.07. The maximum absolute atomic E-state index is 14.7. The molecule has 0 aliphatic rings. The van der Waals surface area contributed by atoms with Crippen LogP contribution >= 0.6 is 0 Å². The molecule has 0 spiro atoms. The van der Waals surface area contributed by atoms with E-state index in [9.17, 15) is 8.78 Å². The minimum atomic E-state index is -0.666. The van der Waals surface area contributed by atoms with Gasteiger partial charge >= 0.3 is 0 Å². The second kappa shape index (κ2) is 7.24. The van der Waals surface area contributed by atoms with Crippen molar-refractivity contribution < 1.29 is 8.78 Å². The lowest BCUT2D eigenvalue weighted by molar-refractivity contribution is 0.499. The highest BCUT2D eigenvalue weighted by atomic mass is 19.1. The summed E-state index contributed by atoms with van der Waals surface area (Å²) in [6.45, 7) is 1.85. The van der Waals surface area contributed by atoms with Crippen molar-refractivity contribution in [3.05, 3.63) is 78.5 Å². The number of pyridine rings is 1. The fourth-order valence-corrected chi connectivity index (χ4v) is 3.33. The van der Waals surface area contributed by atoms with Crippen LogP contribution in [0.4, 0.5) is 14.7 Å². The first kappa shape index (κ1) is 18.8. The summed E-state index contributed by atoms with van der Waals surface area (Å²) in [7, 11) is 0. The average Bonchev–Trinajstić information content (AvgIpc) is 3.35. The molecule has 1 aromatic carbocycles. The Bertz CT molecular complexity index is 1390. The Kier molecular flexibility index (Phi) is 4.39. The van der Waals surface area contributed by atoms with Gasteiger partial charge in [-0.05, 0) is 36.8 Å². The van der Waals surface area contributed by atoms with E-state index in [-0.39, 0.29) is 23.4 Å². The number of nitrogens with two attached hydrogens (primary N) is 1. The molecule has 0 saturated heterocycles. The molecular formula is C21H16F2N8. The van der Waals surface area contributed by atoms with E-state index in [1.807, 2.05) is 6.92 Å². The highest BCUT2D eigenvalue weighted by Crippen LogP contribution is 2.26.